The number of anilines is 1. The highest BCUT2D eigenvalue weighted by atomic mass is 79.9. The smallest absolute Gasteiger partial charge is 0.263 e. The highest BCUT2D eigenvalue weighted by Crippen LogP contribution is 2.26. The number of nitrogens with zero attached hydrogens (tertiary/aromatic N) is 1. The number of halogens is 2. The first kappa shape index (κ1) is 14.3. The average molecular weight is 362 g/mol. The normalized spacial score (nSPS) is 11.3. The van der Waals surface area contributed by atoms with Gasteiger partial charge in [0.1, 0.15) is 5.82 Å². The van der Waals surface area contributed by atoms with Crippen LogP contribution in [-0.2, 0) is 10.0 Å². The molecule has 4 nitrogen and oxygen atoms in total. The van der Waals surface area contributed by atoms with Gasteiger partial charge in [-0.3, -0.25) is 4.72 Å². The van der Waals surface area contributed by atoms with E-state index in [1.54, 1.807) is 18.3 Å². The molecule has 1 aromatic carbocycles. The first-order chi connectivity index (χ1) is 8.88. The summed E-state index contributed by atoms with van der Waals surface area (Å²) in [5.74, 6) is 0.275. The van der Waals surface area contributed by atoms with Crippen molar-refractivity contribution in [3.63, 3.8) is 0 Å². The van der Waals surface area contributed by atoms with Gasteiger partial charge in [-0.05, 0) is 52.7 Å². The van der Waals surface area contributed by atoms with Crippen molar-refractivity contribution in [3.05, 3.63) is 51.6 Å². The van der Waals surface area contributed by atoms with E-state index < -0.39 is 10.0 Å². The van der Waals surface area contributed by atoms with Crippen molar-refractivity contribution >= 4 is 43.4 Å². The van der Waals surface area contributed by atoms with Crippen LogP contribution in [0.25, 0.3) is 0 Å². The van der Waals surface area contributed by atoms with Crippen molar-refractivity contribution in [2.45, 2.75) is 11.8 Å². The second kappa shape index (κ2) is 5.48. The number of benzene rings is 1. The fourth-order valence-corrected chi connectivity index (χ4v) is 3.05. The fraction of sp³-hybridized carbons (Fsp3) is 0.0833. The van der Waals surface area contributed by atoms with Crippen LogP contribution in [0.2, 0.25) is 5.02 Å². The molecule has 0 fully saturated rings. The van der Waals surface area contributed by atoms with Gasteiger partial charge in [0.05, 0.1) is 9.92 Å². The van der Waals surface area contributed by atoms with E-state index in [0.29, 0.717) is 9.50 Å². The van der Waals surface area contributed by atoms with Crippen LogP contribution in [0.4, 0.5) is 5.82 Å². The summed E-state index contributed by atoms with van der Waals surface area (Å²) in [4.78, 5) is 4.12. The lowest BCUT2D eigenvalue weighted by molar-refractivity contribution is 0.601. The number of rotatable bonds is 3. The van der Waals surface area contributed by atoms with Crippen molar-refractivity contribution in [1.29, 1.82) is 0 Å². The zero-order chi connectivity index (χ0) is 14.0. The molecule has 0 unspecified atom stereocenters. The Labute approximate surface area is 125 Å². The van der Waals surface area contributed by atoms with Crippen molar-refractivity contribution in [3.8, 4) is 0 Å². The van der Waals surface area contributed by atoms with Gasteiger partial charge in [0, 0.05) is 10.7 Å². The largest absolute Gasteiger partial charge is 0.263 e. The van der Waals surface area contributed by atoms with Gasteiger partial charge in [-0.25, -0.2) is 13.4 Å². The van der Waals surface area contributed by atoms with E-state index in [9.17, 15) is 8.42 Å². The molecule has 0 aliphatic carbocycles. The van der Waals surface area contributed by atoms with Crippen molar-refractivity contribution in [2.75, 3.05) is 4.72 Å². The van der Waals surface area contributed by atoms with Gasteiger partial charge in [-0.15, -0.1) is 0 Å². The maximum absolute atomic E-state index is 12.1. The van der Waals surface area contributed by atoms with Crippen LogP contribution in [-0.4, -0.2) is 13.4 Å². The lowest BCUT2D eigenvalue weighted by Gasteiger charge is -2.08. The molecule has 1 aromatic heterocycles. The summed E-state index contributed by atoms with van der Waals surface area (Å²) in [6, 6.07) is 7.78. The van der Waals surface area contributed by atoms with Crippen LogP contribution < -0.4 is 4.72 Å². The molecule has 0 bridgehead atoms. The second-order valence-electron chi connectivity index (χ2n) is 3.90. The lowest BCUT2D eigenvalue weighted by Crippen LogP contribution is -2.13. The fourth-order valence-electron chi connectivity index (χ4n) is 1.37. The highest BCUT2D eigenvalue weighted by Gasteiger charge is 2.15. The van der Waals surface area contributed by atoms with E-state index in [4.69, 9.17) is 11.6 Å². The topological polar surface area (TPSA) is 59.1 Å². The van der Waals surface area contributed by atoms with Crippen LogP contribution >= 0.6 is 27.5 Å². The lowest BCUT2D eigenvalue weighted by atomic mass is 10.3. The summed E-state index contributed by atoms with van der Waals surface area (Å²) in [5, 5.41) is 0.451. The van der Waals surface area contributed by atoms with E-state index in [-0.39, 0.29) is 10.7 Å². The third-order valence-electron chi connectivity index (χ3n) is 2.35. The number of pyridine rings is 1. The zero-order valence-electron chi connectivity index (χ0n) is 9.89. The monoisotopic (exact) mass is 360 g/mol. The predicted octanol–water partition coefficient (Wildman–Crippen LogP) is 3.61. The van der Waals surface area contributed by atoms with Gasteiger partial charge in [0.2, 0.25) is 0 Å². The van der Waals surface area contributed by atoms with Gasteiger partial charge >= 0.3 is 0 Å². The molecule has 1 heterocycles. The van der Waals surface area contributed by atoms with E-state index in [0.717, 1.165) is 5.56 Å². The standard InChI is InChI=1S/C12H10BrClN2O2S/c1-8-2-5-12(15-7-8)16-19(17,18)9-3-4-11(14)10(13)6-9/h2-7H,1H3,(H,15,16). The zero-order valence-corrected chi connectivity index (χ0v) is 13.1. The number of hydrogen-bond acceptors (Lipinski definition) is 3. The van der Waals surface area contributed by atoms with Crippen molar-refractivity contribution < 1.29 is 8.42 Å². The number of sulfonamides is 1. The second-order valence-corrected chi connectivity index (χ2v) is 6.85. The molecule has 2 rings (SSSR count). The molecule has 0 saturated heterocycles. The molecule has 0 saturated carbocycles. The number of aryl methyl sites for hydroxylation is 1. The van der Waals surface area contributed by atoms with E-state index >= 15 is 0 Å². The number of aromatic nitrogens is 1. The van der Waals surface area contributed by atoms with Crippen LogP contribution in [0.5, 0.6) is 0 Å². The Morgan fingerprint density at radius 3 is 2.58 bits per heavy atom. The van der Waals surface area contributed by atoms with Gasteiger partial charge in [0.15, 0.2) is 0 Å². The molecule has 0 aliphatic rings. The van der Waals surface area contributed by atoms with Crippen LogP contribution in [0.1, 0.15) is 5.56 Å². The molecule has 7 heteroatoms. The molecule has 0 radical (unpaired) electrons. The SMILES string of the molecule is Cc1ccc(NS(=O)(=O)c2ccc(Cl)c(Br)c2)nc1. The third-order valence-corrected chi connectivity index (χ3v) is 4.92. The summed E-state index contributed by atoms with van der Waals surface area (Å²) in [6.45, 7) is 1.88. The Bertz CT molecular complexity index is 702. The van der Waals surface area contributed by atoms with Crippen molar-refractivity contribution in [2.24, 2.45) is 0 Å². The molecular formula is C12H10BrClN2O2S. The Hall–Kier alpha value is -1.11. The van der Waals surface area contributed by atoms with Gasteiger partial charge in [0.25, 0.3) is 10.0 Å². The van der Waals surface area contributed by atoms with Crippen molar-refractivity contribution in [1.82, 2.24) is 4.98 Å². The first-order valence-corrected chi connectivity index (χ1v) is 7.94. The maximum atomic E-state index is 12.1. The van der Waals surface area contributed by atoms with E-state index in [2.05, 4.69) is 25.6 Å². The molecule has 2 aromatic rings. The minimum absolute atomic E-state index is 0.117. The Morgan fingerprint density at radius 2 is 2.00 bits per heavy atom. The molecule has 100 valence electrons. The molecule has 0 amide bonds. The Balaban J connectivity index is 2.32. The minimum Gasteiger partial charge on any atom is -0.263 e. The van der Waals surface area contributed by atoms with Crippen LogP contribution in [0.15, 0.2) is 45.9 Å². The maximum Gasteiger partial charge on any atom is 0.263 e. The highest BCUT2D eigenvalue weighted by molar-refractivity contribution is 9.10. The van der Waals surface area contributed by atoms with Gasteiger partial charge in [-0.2, -0.15) is 0 Å². The first-order valence-electron chi connectivity index (χ1n) is 5.29. The molecular weight excluding hydrogens is 352 g/mol. The minimum atomic E-state index is -3.67. The molecule has 0 aliphatic heterocycles. The summed E-state index contributed by atoms with van der Waals surface area (Å²) < 4.78 is 27.2. The summed E-state index contributed by atoms with van der Waals surface area (Å²) >= 11 is 9.03. The Kier molecular flexibility index (Phi) is 4.13. The summed E-state index contributed by atoms with van der Waals surface area (Å²) in [6.07, 6.45) is 1.59. The number of hydrogen-bond donors (Lipinski definition) is 1. The predicted molar refractivity (Wildman–Crippen MR) is 78.9 cm³/mol. The molecule has 0 atom stereocenters. The quantitative estimate of drug-likeness (QED) is 0.908. The van der Waals surface area contributed by atoms with Crippen LogP contribution in [0, 0.1) is 6.92 Å². The Morgan fingerprint density at radius 1 is 1.26 bits per heavy atom. The number of nitrogens with one attached hydrogen (secondary N) is 1. The van der Waals surface area contributed by atoms with Gasteiger partial charge < -0.3 is 0 Å². The van der Waals surface area contributed by atoms with E-state index in [1.807, 2.05) is 6.92 Å². The van der Waals surface area contributed by atoms with Gasteiger partial charge in [-0.1, -0.05) is 17.7 Å². The van der Waals surface area contributed by atoms with E-state index in [1.165, 1.54) is 18.2 Å². The van der Waals surface area contributed by atoms with Crippen LogP contribution in [0.3, 0.4) is 0 Å². The third kappa shape index (κ3) is 3.46. The summed E-state index contributed by atoms with van der Waals surface area (Å²) in [7, 11) is -3.67. The molecule has 19 heavy (non-hydrogen) atoms. The average Bonchev–Trinajstić information content (AvgIpc) is 2.35. The summed E-state index contributed by atoms with van der Waals surface area (Å²) in [5.41, 5.74) is 0.956. The molecule has 1 N–H and O–H groups in total. The molecule has 0 spiro atoms.